The van der Waals surface area contributed by atoms with Crippen LogP contribution in [0.4, 0.5) is 23.7 Å². The largest absolute Gasteiger partial charge is 0.416 e. The topological polar surface area (TPSA) is 123 Å². The zero-order valence-corrected chi connectivity index (χ0v) is 21.7. The molecule has 0 aromatic heterocycles. The Morgan fingerprint density at radius 1 is 1.19 bits per heavy atom. The summed E-state index contributed by atoms with van der Waals surface area (Å²) in [5.41, 5.74) is -1.58. The lowest BCUT2D eigenvalue weighted by Gasteiger charge is -2.32. The van der Waals surface area contributed by atoms with Crippen molar-refractivity contribution < 1.29 is 32.7 Å². The quantitative estimate of drug-likeness (QED) is 0.285. The van der Waals surface area contributed by atoms with Gasteiger partial charge in [-0.3, -0.25) is 9.59 Å². The number of alkyl halides is 3. The van der Waals surface area contributed by atoms with Gasteiger partial charge in [0.2, 0.25) is 5.91 Å². The molecule has 1 unspecified atom stereocenters. The summed E-state index contributed by atoms with van der Waals surface area (Å²) in [5.74, 6) is -0.952. The van der Waals surface area contributed by atoms with Crippen LogP contribution in [0.5, 0.6) is 0 Å². The summed E-state index contributed by atoms with van der Waals surface area (Å²) in [6.45, 7) is 9.31. The Labute approximate surface area is 215 Å². The van der Waals surface area contributed by atoms with Gasteiger partial charge < -0.3 is 31.3 Å². The molecule has 1 aliphatic heterocycles. The first-order valence-electron chi connectivity index (χ1n) is 12.6. The highest BCUT2D eigenvalue weighted by Gasteiger charge is 2.39. The maximum Gasteiger partial charge on any atom is 0.416 e. The summed E-state index contributed by atoms with van der Waals surface area (Å²) in [6, 6.07) is 0.272. The lowest BCUT2D eigenvalue weighted by Crippen LogP contribution is -2.53. The molecule has 1 heterocycles. The Bertz CT molecular complexity index is 941. The number of hydrogen-bond donors (Lipinski definition) is 5. The highest BCUT2D eigenvalue weighted by Crippen LogP contribution is 2.32. The van der Waals surface area contributed by atoms with Crippen molar-refractivity contribution in [2.45, 2.75) is 71.3 Å². The molecule has 0 radical (unpaired) electrons. The summed E-state index contributed by atoms with van der Waals surface area (Å²) in [4.78, 5) is 39.8. The van der Waals surface area contributed by atoms with Gasteiger partial charge in [0.25, 0.3) is 5.91 Å². The normalized spacial score (nSPS) is 17.6. The zero-order chi connectivity index (χ0) is 27.8. The molecule has 9 nitrogen and oxygen atoms in total. The first-order valence-corrected chi connectivity index (χ1v) is 12.6. The number of carbonyl (C=O) groups is 3. The molecule has 0 spiro atoms. The van der Waals surface area contributed by atoms with E-state index in [0.717, 1.165) is 18.6 Å². The summed E-state index contributed by atoms with van der Waals surface area (Å²) < 4.78 is 40.0. The van der Waals surface area contributed by atoms with Crippen LogP contribution in [0.3, 0.4) is 0 Å². The van der Waals surface area contributed by atoms with Crippen molar-refractivity contribution in [2.24, 2.45) is 5.92 Å². The monoisotopic (exact) mass is 529 g/mol. The van der Waals surface area contributed by atoms with Crippen molar-refractivity contribution in [3.05, 3.63) is 29.3 Å². The average molecular weight is 530 g/mol. The SMILES string of the molecule is CCC[C@H](O)[C@H](CNCC(C)C)N1CCC(NC(=O)c2cc(C(F)(F)F)ccc2NC(=O)NCC)C1=O. The molecule has 5 N–H and O–H groups in total. The second-order valence-electron chi connectivity index (χ2n) is 9.56. The number of halogens is 3. The third-order valence-corrected chi connectivity index (χ3v) is 6.06. The highest BCUT2D eigenvalue weighted by molar-refractivity contribution is 6.05. The molecule has 2 rings (SSSR count). The maximum atomic E-state index is 13.3. The number of likely N-dealkylation sites (tertiary alicyclic amines) is 1. The standard InChI is InChI=1S/C25H38F3N5O4/c1-5-7-21(34)20(14-29-13-15(3)4)33-11-10-19(23(33)36)31-22(35)17-12-16(25(26,27)28)8-9-18(17)32-24(37)30-6-2/h8-9,12,15,19-21,29,34H,5-7,10-11,13-14H2,1-4H3,(H,31,35)(H2,30,32,37)/t19?,20-,21-/m0/s1. The van der Waals surface area contributed by atoms with Crippen molar-refractivity contribution in [1.29, 1.82) is 0 Å². The van der Waals surface area contributed by atoms with Gasteiger partial charge in [0.15, 0.2) is 0 Å². The summed E-state index contributed by atoms with van der Waals surface area (Å²) >= 11 is 0. The van der Waals surface area contributed by atoms with E-state index in [1.165, 1.54) is 4.90 Å². The number of nitrogens with zero attached hydrogens (tertiary/aromatic N) is 1. The van der Waals surface area contributed by atoms with E-state index in [1.807, 2.05) is 20.8 Å². The Morgan fingerprint density at radius 3 is 2.49 bits per heavy atom. The Kier molecular flexibility index (Phi) is 11.2. The van der Waals surface area contributed by atoms with Crippen LogP contribution >= 0.6 is 0 Å². The lowest BCUT2D eigenvalue weighted by atomic mass is 10.0. The fourth-order valence-electron chi connectivity index (χ4n) is 4.21. The number of nitrogens with one attached hydrogen (secondary N) is 4. The van der Waals surface area contributed by atoms with Crippen molar-refractivity contribution in [2.75, 3.05) is 31.5 Å². The molecule has 1 aromatic carbocycles. The van der Waals surface area contributed by atoms with Crippen molar-refractivity contribution in [3.63, 3.8) is 0 Å². The van der Waals surface area contributed by atoms with Gasteiger partial charge in [-0.2, -0.15) is 13.2 Å². The van der Waals surface area contributed by atoms with Crippen LogP contribution in [0.1, 0.15) is 62.9 Å². The predicted octanol–water partition coefficient (Wildman–Crippen LogP) is 2.95. The lowest BCUT2D eigenvalue weighted by molar-refractivity contribution is -0.137. The van der Waals surface area contributed by atoms with E-state index in [9.17, 15) is 32.7 Å². The van der Waals surface area contributed by atoms with Gasteiger partial charge in [0, 0.05) is 19.6 Å². The van der Waals surface area contributed by atoms with E-state index < -0.39 is 53.3 Å². The predicted molar refractivity (Wildman–Crippen MR) is 134 cm³/mol. The van der Waals surface area contributed by atoms with Gasteiger partial charge in [0.1, 0.15) is 6.04 Å². The molecule has 3 atom stereocenters. The van der Waals surface area contributed by atoms with E-state index in [2.05, 4.69) is 21.3 Å². The number of benzene rings is 1. The first kappa shape index (κ1) is 30.4. The van der Waals surface area contributed by atoms with Gasteiger partial charge in [-0.05, 0) is 50.4 Å². The van der Waals surface area contributed by atoms with Gasteiger partial charge >= 0.3 is 12.2 Å². The van der Waals surface area contributed by atoms with E-state index in [4.69, 9.17) is 0 Å². The second-order valence-corrected chi connectivity index (χ2v) is 9.56. The van der Waals surface area contributed by atoms with Crippen LogP contribution in [0.2, 0.25) is 0 Å². The third kappa shape index (κ3) is 8.60. The number of amides is 4. The van der Waals surface area contributed by atoms with Crippen LogP contribution in [0.15, 0.2) is 18.2 Å². The zero-order valence-electron chi connectivity index (χ0n) is 21.7. The van der Waals surface area contributed by atoms with Crippen LogP contribution in [-0.2, 0) is 11.0 Å². The first-order chi connectivity index (χ1) is 17.4. The van der Waals surface area contributed by atoms with Gasteiger partial charge in [-0.25, -0.2) is 4.79 Å². The van der Waals surface area contributed by atoms with Crippen molar-refractivity contribution in [3.8, 4) is 0 Å². The van der Waals surface area contributed by atoms with Crippen LogP contribution < -0.4 is 21.3 Å². The third-order valence-electron chi connectivity index (χ3n) is 6.06. The van der Waals surface area contributed by atoms with E-state index in [-0.39, 0.29) is 25.2 Å². The molecule has 0 aliphatic carbocycles. The smallest absolute Gasteiger partial charge is 0.391 e. The Balaban J connectivity index is 2.23. The Morgan fingerprint density at radius 2 is 1.89 bits per heavy atom. The number of anilines is 1. The summed E-state index contributed by atoms with van der Waals surface area (Å²) in [6.07, 6.45) is -4.01. The molecule has 208 valence electrons. The molecule has 1 aliphatic rings. The molecule has 0 saturated carbocycles. The van der Waals surface area contributed by atoms with E-state index >= 15 is 0 Å². The number of aliphatic hydroxyl groups is 1. The minimum atomic E-state index is -4.70. The minimum absolute atomic E-state index is 0.118. The number of urea groups is 1. The van der Waals surface area contributed by atoms with Crippen LogP contribution in [0.25, 0.3) is 0 Å². The number of aliphatic hydroxyl groups excluding tert-OH is 1. The number of carbonyl (C=O) groups excluding carboxylic acids is 3. The van der Waals surface area contributed by atoms with E-state index in [1.54, 1.807) is 6.92 Å². The summed E-state index contributed by atoms with van der Waals surface area (Å²) in [5, 5.41) is 21.3. The number of hydrogen-bond acceptors (Lipinski definition) is 5. The molecule has 1 saturated heterocycles. The molecule has 37 heavy (non-hydrogen) atoms. The molecular formula is C25H38F3N5O4. The molecule has 1 fully saturated rings. The molecule has 12 heteroatoms. The highest BCUT2D eigenvalue weighted by atomic mass is 19.4. The molecule has 0 bridgehead atoms. The fourth-order valence-corrected chi connectivity index (χ4v) is 4.21. The van der Waals surface area contributed by atoms with Crippen molar-refractivity contribution >= 4 is 23.5 Å². The minimum Gasteiger partial charge on any atom is -0.391 e. The summed E-state index contributed by atoms with van der Waals surface area (Å²) in [7, 11) is 0. The second kappa shape index (κ2) is 13.6. The Hall–Kier alpha value is -2.86. The number of rotatable bonds is 12. The molecule has 1 aromatic rings. The van der Waals surface area contributed by atoms with Gasteiger partial charge in [-0.1, -0.05) is 27.2 Å². The van der Waals surface area contributed by atoms with Crippen molar-refractivity contribution in [1.82, 2.24) is 20.9 Å². The molecule has 4 amide bonds. The average Bonchev–Trinajstić information content (AvgIpc) is 3.15. The van der Waals surface area contributed by atoms with Gasteiger partial charge in [0.05, 0.1) is 29.0 Å². The van der Waals surface area contributed by atoms with Gasteiger partial charge in [-0.15, -0.1) is 0 Å². The molecular weight excluding hydrogens is 491 g/mol. The van der Waals surface area contributed by atoms with Crippen LogP contribution in [-0.4, -0.2) is 72.2 Å². The van der Waals surface area contributed by atoms with Crippen LogP contribution in [0, 0.1) is 5.92 Å². The fraction of sp³-hybridized carbons (Fsp3) is 0.640. The van der Waals surface area contributed by atoms with E-state index in [0.29, 0.717) is 31.5 Å². The maximum absolute atomic E-state index is 13.3.